The number of aliphatic hydroxyl groups is 1. The molecule has 1 fully saturated rings. The van der Waals surface area contributed by atoms with Gasteiger partial charge in [-0.15, -0.1) is 8.78 Å². The Bertz CT molecular complexity index is 1170. The quantitative estimate of drug-likeness (QED) is 0.314. The maximum absolute atomic E-state index is 14.3. The summed E-state index contributed by atoms with van der Waals surface area (Å²) in [5, 5.41) is 18.8. The molecule has 3 aromatic rings. The van der Waals surface area contributed by atoms with E-state index in [0.29, 0.717) is 30.8 Å². The molecule has 1 atom stereocenters. The molecule has 0 radical (unpaired) electrons. The second-order valence-corrected chi connectivity index (χ2v) is 7.90. The summed E-state index contributed by atoms with van der Waals surface area (Å²) in [6.45, 7) is 0.869. The number of ether oxygens (including phenoxy) is 1. The molecule has 1 aliphatic rings. The average molecular weight is 482 g/mol. The minimum absolute atomic E-state index is 0.0649. The van der Waals surface area contributed by atoms with Crippen molar-refractivity contribution >= 4 is 34.6 Å². The largest absolute Gasteiger partial charge is 0.487 e. The Kier molecular flexibility index (Phi) is 6.09. The van der Waals surface area contributed by atoms with Gasteiger partial charge in [-0.2, -0.15) is 5.10 Å². The summed E-state index contributed by atoms with van der Waals surface area (Å²) in [6.07, 6.45) is 1.03. The first kappa shape index (κ1) is 22.7. The van der Waals surface area contributed by atoms with Crippen LogP contribution in [0.25, 0.3) is 11.3 Å². The summed E-state index contributed by atoms with van der Waals surface area (Å²) >= 11 is 4.74. The van der Waals surface area contributed by atoms with Gasteiger partial charge in [0.1, 0.15) is 11.4 Å². The molecule has 1 amide bonds. The SMILES string of the molecule is Nc1cc(N2CC[C@H](O)C2)c(-c2[nH]ncc2F)cc1C(=O)Nc1ccc(OC(F)(F)Cl)cc1. The van der Waals surface area contributed by atoms with E-state index in [1.54, 1.807) is 6.07 Å². The lowest BCUT2D eigenvalue weighted by molar-refractivity contribution is -0.0964. The van der Waals surface area contributed by atoms with Gasteiger partial charge in [-0.25, -0.2) is 4.39 Å². The van der Waals surface area contributed by atoms with Crippen LogP contribution in [0.3, 0.4) is 0 Å². The molecule has 0 unspecified atom stereocenters. The van der Waals surface area contributed by atoms with Crippen molar-refractivity contribution in [1.29, 1.82) is 0 Å². The van der Waals surface area contributed by atoms with Gasteiger partial charge in [-0.05, 0) is 42.8 Å². The molecule has 1 aliphatic heterocycles. The number of H-pyrrole nitrogens is 1. The third kappa shape index (κ3) is 5.15. The second-order valence-electron chi connectivity index (χ2n) is 7.46. The van der Waals surface area contributed by atoms with Crippen molar-refractivity contribution in [3.05, 3.63) is 54.0 Å². The topological polar surface area (TPSA) is 117 Å². The number of hydrogen-bond acceptors (Lipinski definition) is 6. The Labute approximate surface area is 191 Å². The monoisotopic (exact) mass is 481 g/mol. The van der Waals surface area contributed by atoms with E-state index in [1.165, 1.54) is 30.3 Å². The van der Waals surface area contributed by atoms with E-state index in [1.807, 2.05) is 4.90 Å². The number of hydrogen-bond donors (Lipinski definition) is 4. The number of β-amino-alcohol motifs (C(OH)–C–C–N with tert-alkyl or cyclic N) is 1. The highest BCUT2D eigenvalue weighted by Crippen LogP contribution is 2.37. The third-order valence-corrected chi connectivity index (χ3v) is 5.20. The number of rotatable bonds is 6. The van der Waals surface area contributed by atoms with Gasteiger partial charge in [0.2, 0.25) is 0 Å². The number of carbonyl (C=O) groups excluding carboxylic acids is 1. The lowest BCUT2D eigenvalue weighted by Crippen LogP contribution is -2.23. The van der Waals surface area contributed by atoms with Crippen molar-refractivity contribution in [3.8, 4) is 17.0 Å². The van der Waals surface area contributed by atoms with Crippen LogP contribution in [0.2, 0.25) is 0 Å². The molecule has 5 N–H and O–H groups in total. The van der Waals surface area contributed by atoms with Crippen LogP contribution < -0.4 is 20.7 Å². The van der Waals surface area contributed by atoms with Gasteiger partial charge >= 0.3 is 5.57 Å². The molecule has 0 aliphatic carbocycles. The molecule has 4 rings (SSSR count). The van der Waals surface area contributed by atoms with Gasteiger partial charge in [0.25, 0.3) is 5.91 Å². The molecular formula is C21H19ClF3N5O3. The van der Waals surface area contributed by atoms with E-state index in [0.717, 1.165) is 6.20 Å². The second kappa shape index (κ2) is 8.83. The lowest BCUT2D eigenvalue weighted by atomic mass is 10.0. The Hall–Kier alpha value is -3.44. The number of nitrogen functional groups attached to an aromatic ring is 1. The van der Waals surface area contributed by atoms with Gasteiger partial charge in [0, 0.05) is 47.3 Å². The fourth-order valence-corrected chi connectivity index (χ4v) is 3.71. The highest BCUT2D eigenvalue weighted by Gasteiger charge is 2.28. The molecule has 12 heteroatoms. The molecule has 1 aromatic heterocycles. The number of anilines is 3. The smallest absolute Gasteiger partial charge is 0.420 e. The van der Waals surface area contributed by atoms with Gasteiger partial charge in [-0.3, -0.25) is 9.89 Å². The van der Waals surface area contributed by atoms with Gasteiger partial charge in [0.15, 0.2) is 5.82 Å². The molecule has 1 saturated heterocycles. The zero-order valence-electron chi connectivity index (χ0n) is 17.0. The Balaban J connectivity index is 1.63. The number of aliphatic hydroxyl groups excluding tert-OH is 1. The zero-order valence-corrected chi connectivity index (χ0v) is 17.7. The first-order chi connectivity index (χ1) is 15.6. The van der Waals surface area contributed by atoms with E-state index < -0.39 is 23.4 Å². The number of halogens is 4. The van der Waals surface area contributed by atoms with Crippen LogP contribution in [0, 0.1) is 5.82 Å². The number of aromatic nitrogens is 2. The molecule has 8 nitrogen and oxygen atoms in total. The van der Waals surface area contributed by atoms with Crippen molar-refractivity contribution in [2.45, 2.75) is 18.1 Å². The van der Waals surface area contributed by atoms with Crippen LogP contribution >= 0.6 is 11.6 Å². The summed E-state index contributed by atoms with van der Waals surface area (Å²) in [4.78, 5) is 14.8. The molecule has 2 aromatic carbocycles. The summed E-state index contributed by atoms with van der Waals surface area (Å²) < 4.78 is 44.1. The zero-order chi connectivity index (χ0) is 23.8. The van der Waals surface area contributed by atoms with E-state index in [-0.39, 0.29) is 28.4 Å². The van der Waals surface area contributed by atoms with Crippen LogP contribution in [-0.2, 0) is 0 Å². The minimum atomic E-state index is -3.86. The first-order valence-corrected chi connectivity index (χ1v) is 10.2. The standard InChI is InChI=1S/C21H19ClF3N5O3/c22-21(24,25)33-13-3-1-11(2-4-13)28-20(32)14-7-15(19-16(23)9-27-29-19)18(8-17(14)26)30-6-5-12(31)10-30/h1-4,7-9,12,31H,5-6,10,26H2,(H,27,29)(H,28,32)/t12-/m0/s1. The fourth-order valence-electron chi connectivity index (χ4n) is 3.62. The molecule has 33 heavy (non-hydrogen) atoms. The van der Waals surface area contributed by atoms with Gasteiger partial charge < -0.3 is 25.8 Å². The summed E-state index contributed by atoms with van der Waals surface area (Å²) in [7, 11) is 0. The minimum Gasteiger partial charge on any atom is -0.420 e. The predicted molar refractivity (Wildman–Crippen MR) is 117 cm³/mol. The number of nitrogens with zero attached hydrogens (tertiary/aromatic N) is 2. The van der Waals surface area contributed by atoms with Gasteiger partial charge in [0.05, 0.1) is 17.9 Å². The number of alkyl halides is 3. The van der Waals surface area contributed by atoms with Crippen LogP contribution in [0.15, 0.2) is 42.6 Å². The molecular weight excluding hydrogens is 463 g/mol. The van der Waals surface area contributed by atoms with Crippen molar-refractivity contribution in [1.82, 2.24) is 10.2 Å². The number of benzene rings is 2. The van der Waals surface area contributed by atoms with E-state index in [9.17, 15) is 23.1 Å². The van der Waals surface area contributed by atoms with Crippen LogP contribution in [0.4, 0.5) is 30.2 Å². The lowest BCUT2D eigenvalue weighted by Gasteiger charge is -2.23. The molecule has 0 spiro atoms. The van der Waals surface area contributed by atoms with Crippen LogP contribution in [-0.4, -0.2) is 46.0 Å². The van der Waals surface area contributed by atoms with Crippen LogP contribution in [0.5, 0.6) is 5.75 Å². The van der Waals surface area contributed by atoms with E-state index in [4.69, 9.17) is 17.3 Å². The Morgan fingerprint density at radius 1 is 1.33 bits per heavy atom. The predicted octanol–water partition coefficient (Wildman–Crippen LogP) is 3.79. The number of carbonyl (C=O) groups is 1. The summed E-state index contributed by atoms with van der Waals surface area (Å²) in [6, 6.07) is 8.10. The third-order valence-electron chi connectivity index (χ3n) is 5.12. The van der Waals surface area contributed by atoms with Crippen molar-refractivity contribution in [3.63, 3.8) is 0 Å². The summed E-state index contributed by atoms with van der Waals surface area (Å²) in [5.41, 5.74) is 3.74. The normalized spacial score (nSPS) is 16.2. The van der Waals surface area contributed by atoms with E-state index >= 15 is 0 Å². The maximum Gasteiger partial charge on any atom is 0.487 e. The maximum atomic E-state index is 14.3. The number of aromatic amines is 1. The molecule has 0 bridgehead atoms. The Morgan fingerprint density at radius 3 is 2.64 bits per heavy atom. The summed E-state index contributed by atoms with van der Waals surface area (Å²) in [5.74, 6) is -1.40. The Morgan fingerprint density at radius 2 is 2.06 bits per heavy atom. The molecule has 0 saturated carbocycles. The number of amides is 1. The molecule has 174 valence electrons. The van der Waals surface area contributed by atoms with Crippen LogP contribution in [0.1, 0.15) is 16.8 Å². The van der Waals surface area contributed by atoms with Gasteiger partial charge in [-0.1, -0.05) is 0 Å². The molecule has 2 heterocycles. The highest BCUT2D eigenvalue weighted by atomic mass is 35.5. The highest BCUT2D eigenvalue weighted by molar-refractivity contribution is 6.20. The van der Waals surface area contributed by atoms with Crippen molar-refractivity contribution in [2.24, 2.45) is 0 Å². The number of nitrogens with one attached hydrogen (secondary N) is 2. The average Bonchev–Trinajstić information content (AvgIpc) is 3.36. The van der Waals surface area contributed by atoms with E-state index in [2.05, 4.69) is 20.3 Å². The number of nitrogens with two attached hydrogens (primary N) is 1. The van der Waals surface area contributed by atoms with Crippen molar-refractivity contribution in [2.75, 3.05) is 29.0 Å². The fraction of sp³-hybridized carbons (Fsp3) is 0.238. The first-order valence-electron chi connectivity index (χ1n) is 9.83. The van der Waals surface area contributed by atoms with Crippen molar-refractivity contribution < 1.29 is 27.8 Å².